The van der Waals surface area contributed by atoms with Gasteiger partial charge in [-0.25, -0.2) is 0 Å². The molecule has 0 saturated carbocycles. The summed E-state index contributed by atoms with van der Waals surface area (Å²) in [4.78, 5) is 15.0. The third-order valence-corrected chi connectivity index (χ3v) is 4.60. The van der Waals surface area contributed by atoms with Gasteiger partial charge < -0.3 is 15.8 Å². The SMILES string of the molecule is COc1cc(N)cc(C(=O)NC2CCN3CCCCC23)c1. The van der Waals surface area contributed by atoms with Crippen LogP contribution in [0.5, 0.6) is 5.75 Å². The Kier molecular flexibility index (Phi) is 4.01. The smallest absolute Gasteiger partial charge is 0.251 e. The average molecular weight is 289 g/mol. The van der Waals surface area contributed by atoms with E-state index < -0.39 is 0 Å². The molecule has 0 aromatic heterocycles. The lowest BCUT2D eigenvalue weighted by Crippen LogP contribution is -2.46. The number of benzene rings is 1. The zero-order valence-corrected chi connectivity index (χ0v) is 12.5. The zero-order valence-electron chi connectivity index (χ0n) is 12.5. The number of amides is 1. The molecular weight excluding hydrogens is 266 g/mol. The number of ether oxygens (including phenoxy) is 1. The molecule has 2 heterocycles. The van der Waals surface area contributed by atoms with Crippen LogP contribution in [0.1, 0.15) is 36.0 Å². The monoisotopic (exact) mass is 289 g/mol. The molecule has 2 aliphatic rings. The van der Waals surface area contributed by atoms with E-state index >= 15 is 0 Å². The molecule has 0 spiro atoms. The van der Waals surface area contributed by atoms with Crippen molar-refractivity contribution in [2.45, 2.75) is 37.8 Å². The molecule has 2 atom stereocenters. The highest BCUT2D eigenvalue weighted by Gasteiger charge is 2.36. The quantitative estimate of drug-likeness (QED) is 0.830. The molecule has 5 heteroatoms. The fourth-order valence-corrected chi connectivity index (χ4v) is 3.54. The molecule has 2 saturated heterocycles. The van der Waals surface area contributed by atoms with Crippen LogP contribution in [0.25, 0.3) is 0 Å². The number of methoxy groups -OCH3 is 1. The molecule has 5 nitrogen and oxygen atoms in total. The standard InChI is InChI=1S/C16H23N3O2/c1-21-13-9-11(8-12(17)10-13)16(20)18-14-5-7-19-6-3-2-4-15(14)19/h8-10,14-15H,2-7,17H2,1H3,(H,18,20). The van der Waals surface area contributed by atoms with Crippen LogP contribution in [0.15, 0.2) is 18.2 Å². The van der Waals surface area contributed by atoms with Gasteiger partial charge in [0.1, 0.15) is 5.75 Å². The lowest BCUT2D eigenvalue weighted by atomic mass is 9.98. The lowest BCUT2D eigenvalue weighted by molar-refractivity contribution is 0.0915. The highest BCUT2D eigenvalue weighted by Crippen LogP contribution is 2.27. The van der Waals surface area contributed by atoms with E-state index in [-0.39, 0.29) is 11.9 Å². The molecule has 3 rings (SSSR count). The number of carbonyl (C=O) groups excluding carboxylic acids is 1. The number of nitrogens with zero attached hydrogens (tertiary/aromatic N) is 1. The van der Waals surface area contributed by atoms with Crippen LogP contribution < -0.4 is 15.8 Å². The molecule has 2 fully saturated rings. The number of carbonyl (C=O) groups is 1. The molecule has 1 aromatic carbocycles. The van der Waals surface area contributed by atoms with Crippen molar-refractivity contribution in [2.75, 3.05) is 25.9 Å². The highest BCUT2D eigenvalue weighted by molar-refractivity contribution is 5.95. The van der Waals surface area contributed by atoms with Crippen LogP contribution >= 0.6 is 0 Å². The van der Waals surface area contributed by atoms with Gasteiger partial charge in [0.25, 0.3) is 5.91 Å². The maximum absolute atomic E-state index is 12.5. The van der Waals surface area contributed by atoms with Gasteiger partial charge in [0, 0.05) is 35.9 Å². The third-order valence-electron chi connectivity index (χ3n) is 4.60. The fraction of sp³-hybridized carbons (Fsp3) is 0.562. The molecule has 0 radical (unpaired) electrons. The summed E-state index contributed by atoms with van der Waals surface area (Å²) in [6.07, 6.45) is 4.77. The van der Waals surface area contributed by atoms with E-state index in [0.29, 0.717) is 23.0 Å². The van der Waals surface area contributed by atoms with Gasteiger partial charge in [-0.05, 0) is 37.9 Å². The number of hydrogen-bond donors (Lipinski definition) is 2. The number of nitrogens with one attached hydrogen (secondary N) is 1. The number of hydrogen-bond acceptors (Lipinski definition) is 4. The second kappa shape index (κ2) is 5.93. The molecule has 2 aliphatic heterocycles. The van der Waals surface area contributed by atoms with Crippen molar-refractivity contribution in [2.24, 2.45) is 0 Å². The average Bonchev–Trinajstić information content (AvgIpc) is 2.90. The Bertz CT molecular complexity index is 532. The van der Waals surface area contributed by atoms with E-state index in [4.69, 9.17) is 10.5 Å². The summed E-state index contributed by atoms with van der Waals surface area (Å²) in [5.41, 5.74) is 6.94. The number of nitrogen functional groups attached to an aromatic ring is 1. The number of fused-ring (bicyclic) bond motifs is 1. The minimum absolute atomic E-state index is 0.0574. The molecule has 1 amide bonds. The number of anilines is 1. The van der Waals surface area contributed by atoms with Gasteiger partial charge in [-0.15, -0.1) is 0 Å². The van der Waals surface area contributed by atoms with Crippen LogP contribution in [-0.4, -0.2) is 43.1 Å². The van der Waals surface area contributed by atoms with Crippen molar-refractivity contribution in [3.63, 3.8) is 0 Å². The van der Waals surface area contributed by atoms with Crippen LogP contribution in [0, 0.1) is 0 Å². The van der Waals surface area contributed by atoms with E-state index in [1.54, 1.807) is 25.3 Å². The fourth-order valence-electron chi connectivity index (χ4n) is 3.54. The first-order valence-electron chi connectivity index (χ1n) is 7.67. The van der Waals surface area contributed by atoms with E-state index in [1.165, 1.54) is 25.8 Å². The van der Waals surface area contributed by atoms with Gasteiger partial charge in [-0.2, -0.15) is 0 Å². The Morgan fingerprint density at radius 1 is 1.29 bits per heavy atom. The van der Waals surface area contributed by atoms with Crippen LogP contribution in [0.3, 0.4) is 0 Å². The first-order chi connectivity index (χ1) is 10.2. The maximum atomic E-state index is 12.5. The number of piperidine rings is 1. The van der Waals surface area contributed by atoms with Crippen molar-refractivity contribution >= 4 is 11.6 Å². The first kappa shape index (κ1) is 14.2. The molecule has 0 aliphatic carbocycles. The zero-order chi connectivity index (χ0) is 14.8. The van der Waals surface area contributed by atoms with Crippen molar-refractivity contribution in [3.05, 3.63) is 23.8 Å². The topological polar surface area (TPSA) is 67.6 Å². The summed E-state index contributed by atoms with van der Waals surface area (Å²) >= 11 is 0. The number of rotatable bonds is 3. The maximum Gasteiger partial charge on any atom is 0.251 e. The van der Waals surface area contributed by atoms with E-state index in [1.807, 2.05) is 0 Å². The Labute approximate surface area is 125 Å². The Morgan fingerprint density at radius 3 is 2.95 bits per heavy atom. The van der Waals surface area contributed by atoms with Crippen molar-refractivity contribution in [1.82, 2.24) is 10.2 Å². The lowest BCUT2D eigenvalue weighted by Gasteiger charge is -2.32. The Morgan fingerprint density at radius 2 is 2.14 bits per heavy atom. The summed E-state index contributed by atoms with van der Waals surface area (Å²) in [7, 11) is 1.58. The summed E-state index contributed by atoms with van der Waals surface area (Å²) in [5.74, 6) is 0.559. The summed E-state index contributed by atoms with van der Waals surface area (Å²) < 4.78 is 5.17. The molecule has 1 aromatic rings. The minimum atomic E-state index is -0.0574. The van der Waals surface area contributed by atoms with Gasteiger partial charge in [-0.1, -0.05) is 6.42 Å². The predicted octanol–water partition coefficient (Wildman–Crippen LogP) is 1.63. The molecule has 3 N–H and O–H groups in total. The largest absolute Gasteiger partial charge is 0.497 e. The van der Waals surface area contributed by atoms with Crippen LogP contribution in [0.4, 0.5) is 5.69 Å². The van der Waals surface area contributed by atoms with Crippen molar-refractivity contribution in [1.29, 1.82) is 0 Å². The normalized spacial score (nSPS) is 25.4. The van der Waals surface area contributed by atoms with E-state index in [2.05, 4.69) is 10.2 Å². The molecule has 114 valence electrons. The predicted molar refractivity (Wildman–Crippen MR) is 82.5 cm³/mol. The van der Waals surface area contributed by atoms with Gasteiger partial charge in [-0.3, -0.25) is 9.69 Å². The van der Waals surface area contributed by atoms with Gasteiger partial charge >= 0.3 is 0 Å². The molecule has 21 heavy (non-hydrogen) atoms. The van der Waals surface area contributed by atoms with Gasteiger partial charge in [0.2, 0.25) is 0 Å². The number of nitrogens with two attached hydrogens (primary N) is 1. The summed E-state index contributed by atoms with van der Waals surface area (Å²) in [6, 6.07) is 5.91. The van der Waals surface area contributed by atoms with Crippen LogP contribution in [-0.2, 0) is 0 Å². The molecule has 0 bridgehead atoms. The van der Waals surface area contributed by atoms with E-state index in [0.717, 1.165) is 13.0 Å². The summed E-state index contributed by atoms with van der Waals surface area (Å²) in [5, 5.41) is 3.18. The minimum Gasteiger partial charge on any atom is -0.497 e. The highest BCUT2D eigenvalue weighted by atomic mass is 16.5. The Balaban J connectivity index is 1.70. The first-order valence-corrected chi connectivity index (χ1v) is 7.67. The van der Waals surface area contributed by atoms with Crippen molar-refractivity contribution in [3.8, 4) is 5.75 Å². The third kappa shape index (κ3) is 2.97. The molecule has 2 unspecified atom stereocenters. The van der Waals surface area contributed by atoms with Crippen LogP contribution in [0.2, 0.25) is 0 Å². The van der Waals surface area contributed by atoms with Gasteiger partial charge in [0.15, 0.2) is 0 Å². The Hall–Kier alpha value is -1.75. The van der Waals surface area contributed by atoms with Crippen molar-refractivity contribution < 1.29 is 9.53 Å². The second-order valence-electron chi connectivity index (χ2n) is 5.96. The van der Waals surface area contributed by atoms with E-state index in [9.17, 15) is 4.79 Å². The van der Waals surface area contributed by atoms with Gasteiger partial charge in [0.05, 0.1) is 7.11 Å². The summed E-state index contributed by atoms with van der Waals surface area (Å²) in [6.45, 7) is 2.26. The second-order valence-corrected chi connectivity index (χ2v) is 5.96. The molecular formula is C16H23N3O2.